The van der Waals surface area contributed by atoms with Crippen LogP contribution in [0.1, 0.15) is 61.3 Å². The molecule has 0 aliphatic heterocycles. The fourth-order valence-electron chi connectivity index (χ4n) is 1.75. The van der Waals surface area contributed by atoms with Crippen LogP contribution in [0.2, 0.25) is 0 Å². The maximum absolute atomic E-state index is 12.0. The van der Waals surface area contributed by atoms with Crippen molar-refractivity contribution in [1.82, 2.24) is 10.5 Å². The molecule has 1 aromatic heterocycles. The highest BCUT2D eigenvalue weighted by Gasteiger charge is 2.21. The van der Waals surface area contributed by atoms with E-state index in [1.54, 1.807) is 13.8 Å². The van der Waals surface area contributed by atoms with Crippen molar-refractivity contribution in [2.75, 3.05) is 6.54 Å². The molecule has 5 heteroatoms. The van der Waals surface area contributed by atoms with Gasteiger partial charge in [-0.05, 0) is 26.7 Å². The van der Waals surface area contributed by atoms with Crippen molar-refractivity contribution in [3.63, 3.8) is 0 Å². The quantitative estimate of drug-likeness (QED) is 0.761. The number of aliphatic hydroxyl groups excluding tert-OH is 1. The molecule has 5 nitrogen and oxygen atoms in total. The number of aryl methyl sites for hydroxylation is 1. The van der Waals surface area contributed by atoms with Crippen molar-refractivity contribution in [2.24, 2.45) is 0 Å². The maximum Gasteiger partial charge on any atom is 0.256 e. The summed E-state index contributed by atoms with van der Waals surface area (Å²) in [4.78, 5) is 12.0. The minimum absolute atomic E-state index is 0.129. The molecule has 0 aliphatic rings. The Bertz CT molecular complexity index is 397. The predicted molar refractivity (Wildman–Crippen MR) is 68.6 cm³/mol. The molecule has 0 saturated carbocycles. The van der Waals surface area contributed by atoms with Crippen LogP contribution in [0, 0.1) is 6.92 Å². The number of amides is 1. The summed E-state index contributed by atoms with van der Waals surface area (Å²) in [7, 11) is 0. The van der Waals surface area contributed by atoms with Gasteiger partial charge >= 0.3 is 0 Å². The van der Waals surface area contributed by atoms with Crippen molar-refractivity contribution in [3.8, 4) is 0 Å². The van der Waals surface area contributed by atoms with E-state index in [0.29, 0.717) is 30.0 Å². The minimum atomic E-state index is -0.328. The van der Waals surface area contributed by atoms with Gasteiger partial charge in [0.2, 0.25) is 0 Å². The van der Waals surface area contributed by atoms with Crippen LogP contribution < -0.4 is 5.32 Å². The summed E-state index contributed by atoms with van der Waals surface area (Å²) in [5, 5.41) is 15.8. The second-order valence-electron chi connectivity index (χ2n) is 4.91. The lowest BCUT2D eigenvalue weighted by Gasteiger charge is -2.07. The first-order valence-corrected chi connectivity index (χ1v) is 6.36. The van der Waals surface area contributed by atoms with Gasteiger partial charge < -0.3 is 14.9 Å². The second-order valence-corrected chi connectivity index (χ2v) is 4.91. The molecule has 0 fully saturated rings. The van der Waals surface area contributed by atoms with Gasteiger partial charge in [0, 0.05) is 12.5 Å². The normalized spacial score (nSPS) is 12.8. The molecule has 0 saturated heterocycles. The number of carbonyl (C=O) groups is 1. The van der Waals surface area contributed by atoms with E-state index in [1.165, 1.54) is 0 Å². The van der Waals surface area contributed by atoms with Gasteiger partial charge in [-0.15, -0.1) is 0 Å². The van der Waals surface area contributed by atoms with E-state index in [9.17, 15) is 4.79 Å². The molecule has 1 rings (SSSR count). The standard InChI is InChI=1S/C13H22N2O3/c1-8(2)12-11(10(4)15-18-12)13(17)14-7-5-6-9(3)16/h8-9,16H,5-7H2,1-4H3,(H,14,17). The minimum Gasteiger partial charge on any atom is -0.393 e. The average Bonchev–Trinajstić information content (AvgIpc) is 2.66. The number of rotatable bonds is 6. The molecule has 0 radical (unpaired) electrons. The van der Waals surface area contributed by atoms with Crippen LogP contribution in [-0.4, -0.2) is 28.8 Å². The van der Waals surface area contributed by atoms with Crippen LogP contribution >= 0.6 is 0 Å². The van der Waals surface area contributed by atoms with E-state index in [1.807, 2.05) is 13.8 Å². The highest BCUT2D eigenvalue weighted by molar-refractivity contribution is 5.96. The molecule has 1 aromatic rings. The fraction of sp³-hybridized carbons (Fsp3) is 0.692. The Morgan fingerprint density at radius 1 is 1.44 bits per heavy atom. The summed E-state index contributed by atoms with van der Waals surface area (Å²) in [5.41, 5.74) is 1.16. The SMILES string of the molecule is Cc1noc(C(C)C)c1C(=O)NCCCC(C)O. The second kappa shape index (κ2) is 6.54. The molecule has 0 aliphatic carbocycles. The maximum atomic E-state index is 12.0. The van der Waals surface area contributed by atoms with Crippen LogP contribution in [0.3, 0.4) is 0 Å². The van der Waals surface area contributed by atoms with Gasteiger partial charge in [0.1, 0.15) is 5.56 Å². The largest absolute Gasteiger partial charge is 0.393 e. The number of nitrogens with one attached hydrogen (secondary N) is 1. The lowest BCUT2D eigenvalue weighted by atomic mass is 10.0. The van der Waals surface area contributed by atoms with E-state index in [-0.39, 0.29) is 17.9 Å². The Kier molecular flexibility index (Phi) is 5.34. The topological polar surface area (TPSA) is 75.4 Å². The van der Waals surface area contributed by atoms with Gasteiger partial charge in [-0.1, -0.05) is 19.0 Å². The Morgan fingerprint density at radius 3 is 2.67 bits per heavy atom. The molecule has 2 N–H and O–H groups in total. The summed E-state index contributed by atoms with van der Waals surface area (Å²) in [6.07, 6.45) is 1.11. The lowest BCUT2D eigenvalue weighted by Crippen LogP contribution is -2.26. The number of aromatic nitrogens is 1. The predicted octanol–water partition coefficient (Wildman–Crippen LogP) is 2.00. The Labute approximate surface area is 108 Å². The lowest BCUT2D eigenvalue weighted by molar-refractivity contribution is 0.0946. The third-order valence-electron chi connectivity index (χ3n) is 2.72. The van der Waals surface area contributed by atoms with Crippen molar-refractivity contribution >= 4 is 5.91 Å². The van der Waals surface area contributed by atoms with E-state index in [0.717, 1.165) is 6.42 Å². The molecule has 0 bridgehead atoms. The zero-order valence-electron chi connectivity index (χ0n) is 11.5. The molecule has 18 heavy (non-hydrogen) atoms. The number of carbonyl (C=O) groups excluding carboxylic acids is 1. The van der Waals surface area contributed by atoms with E-state index < -0.39 is 0 Å². The van der Waals surface area contributed by atoms with Gasteiger partial charge in [0.05, 0.1) is 11.8 Å². The first-order valence-electron chi connectivity index (χ1n) is 6.36. The van der Waals surface area contributed by atoms with Crippen molar-refractivity contribution in [1.29, 1.82) is 0 Å². The van der Waals surface area contributed by atoms with Gasteiger partial charge in [0.25, 0.3) is 5.91 Å². The summed E-state index contributed by atoms with van der Waals surface area (Å²) < 4.78 is 5.17. The third-order valence-corrected chi connectivity index (χ3v) is 2.72. The Morgan fingerprint density at radius 2 is 2.11 bits per heavy atom. The molecule has 1 amide bonds. The van der Waals surface area contributed by atoms with Gasteiger partial charge in [-0.25, -0.2) is 0 Å². The molecule has 1 heterocycles. The molecule has 102 valence electrons. The number of aliphatic hydroxyl groups is 1. The fourth-order valence-corrected chi connectivity index (χ4v) is 1.75. The number of hydrogen-bond acceptors (Lipinski definition) is 4. The van der Waals surface area contributed by atoms with E-state index in [2.05, 4.69) is 10.5 Å². The monoisotopic (exact) mass is 254 g/mol. The van der Waals surface area contributed by atoms with Crippen molar-refractivity contribution in [3.05, 3.63) is 17.0 Å². The summed E-state index contributed by atoms with van der Waals surface area (Å²) >= 11 is 0. The highest BCUT2D eigenvalue weighted by atomic mass is 16.5. The number of hydrogen-bond donors (Lipinski definition) is 2. The first kappa shape index (κ1) is 14.7. The zero-order valence-corrected chi connectivity index (χ0v) is 11.5. The van der Waals surface area contributed by atoms with Crippen LogP contribution in [0.25, 0.3) is 0 Å². The highest BCUT2D eigenvalue weighted by Crippen LogP contribution is 2.21. The van der Waals surface area contributed by atoms with Gasteiger partial charge in [-0.2, -0.15) is 0 Å². The van der Waals surface area contributed by atoms with Crippen LogP contribution in [0.5, 0.6) is 0 Å². The number of nitrogens with zero attached hydrogens (tertiary/aromatic N) is 1. The average molecular weight is 254 g/mol. The summed E-state index contributed by atoms with van der Waals surface area (Å²) in [5.74, 6) is 0.605. The summed E-state index contributed by atoms with van der Waals surface area (Å²) in [6, 6.07) is 0. The van der Waals surface area contributed by atoms with Crippen molar-refractivity contribution in [2.45, 2.75) is 52.6 Å². The van der Waals surface area contributed by atoms with Crippen LogP contribution in [-0.2, 0) is 0 Å². The third kappa shape index (κ3) is 3.84. The molecule has 0 spiro atoms. The first-order chi connectivity index (χ1) is 8.43. The molecule has 1 atom stereocenters. The Balaban J connectivity index is 2.58. The molecular formula is C13H22N2O3. The van der Waals surface area contributed by atoms with Crippen LogP contribution in [0.4, 0.5) is 0 Å². The Hall–Kier alpha value is -1.36. The molecule has 0 aromatic carbocycles. The van der Waals surface area contributed by atoms with E-state index in [4.69, 9.17) is 9.63 Å². The summed E-state index contributed by atoms with van der Waals surface area (Å²) in [6.45, 7) is 7.98. The van der Waals surface area contributed by atoms with Gasteiger partial charge in [-0.3, -0.25) is 4.79 Å². The molecule has 1 unspecified atom stereocenters. The zero-order chi connectivity index (χ0) is 13.7. The van der Waals surface area contributed by atoms with Gasteiger partial charge in [0.15, 0.2) is 5.76 Å². The van der Waals surface area contributed by atoms with Crippen LogP contribution in [0.15, 0.2) is 4.52 Å². The van der Waals surface area contributed by atoms with E-state index >= 15 is 0 Å². The smallest absolute Gasteiger partial charge is 0.256 e. The molecular weight excluding hydrogens is 232 g/mol. The van der Waals surface area contributed by atoms with Crippen molar-refractivity contribution < 1.29 is 14.4 Å².